The molecule has 154 valence electrons. The van der Waals surface area contributed by atoms with Crippen LogP contribution in [0.25, 0.3) is 0 Å². The van der Waals surface area contributed by atoms with E-state index in [2.05, 4.69) is 5.32 Å². The van der Waals surface area contributed by atoms with Crippen LogP contribution in [0.2, 0.25) is 0 Å². The van der Waals surface area contributed by atoms with E-state index in [-0.39, 0.29) is 23.5 Å². The number of carbonyl (C=O) groups is 2. The molecule has 0 bridgehead atoms. The van der Waals surface area contributed by atoms with Crippen LogP contribution in [0.5, 0.6) is 0 Å². The molecule has 2 heterocycles. The van der Waals surface area contributed by atoms with Crippen LogP contribution in [0, 0.1) is 11.7 Å². The van der Waals surface area contributed by atoms with Gasteiger partial charge in [-0.3, -0.25) is 14.5 Å². The molecule has 7 nitrogen and oxygen atoms in total. The molecule has 28 heavy (non-hydrogen) atoms. The van der Waals surface area contributed by atoms with Crippen LogP contribution in [0.15, 0.2) is 24.3 Å². The van der Waals surface area contributed by atoms with Crippen LogP contribution >= 0.6 is 0 Å². The minimum atomic E-state index is -0.698. The van der Waals surface area contributed by atoms with Gasteiger partial charge in [-0.05, 0) is 18.9 Å². The van der Waals surface area contributed by atoms with E-state index >= 15 is 0 Å². The lowest BCUT2D eigenvalue weighted by Gasteiger charge is -2.39. The van der Waals surface area contributed by atoms with Crippen molar-refractivity contribution < 1.29 is 18.7 Å². The summed E-state index contributed by atoms with van der Waals surface area (Å²) >= 11 is 0. The Morgan fingerprint density at radius 1 is 1.25 bits per heavy atom. The monoisotopic (exact) mass is 392 g/mol. The number of nitrogens with zero attached hydrogens (tertiary/aromatic N) is 2. The number of nitrogens with two attached hydrogens (primary N) is 1. The van der Waals surface area contributed by atoms with E-state index in [0.29, 0.717) is 58.0 Å². The van der Waals surface area contributed by atoms with E-state index in [1.807, 2.05) is 4.90 Å². The Morgan fingerprint density at radius 2 is 2.00 bits per heavy atom. The molecule has 1 aromatic carbocycles. The lowest BCUT2D eigenvalue weighted by molar-refractivity contribution is -0.142. The quantitative estimate of drug-likeness (QED) is 0.737. The Hall–Kier alpha value is -2.03. The highest BCUT2D eigenvalue weighted by Gasteiger charge is 2.37. The molecule has 2 fully saturated rings. The van der Waals surface area contributed by atoms with Crippen LogP contribution in [0.4, 0.5) is 4.39 Å². The molecule has 8 heteroatoms. The van der Waals surface area contributed by atoms with Gasteiger partial charge < -0.3 is 20.7 Å². The van der Waals surface area contributed by atoms with E-state index in [9.17, 15) is 14.0 Å². The number of morpholine rings is 1. The summed E-state index contributed by atoms with van der Waals surface area (Å²) < 4.78 is 20.0. The molecule has 2 saturated heterocycles. The predicted octanol–water partition coefficient (Wildman–Crippen LogP) is 0.513. The number of piperidine rings is 1. The maximum Gasteiger partial charge on any atom is 0.244 e. The predicted molar refractivity (Wildman–Crippen MR) is 103 cm³/mol. The first-order chi connectivity index (χ1) is 13.6. The van der Waals surface area contributed by atoms with E-state index < -0.39 is 6.04 Å². The molecule has 2 unspecified atom stereocenters. The number of carbonyl (C=O) groups excluding carboxylic acids is 2. The largest absolute Gasteiger partial charge is 0.379 e. The van der Waals surface area contributed by atoms with E-state index in [1.165, 1.54) is 6.07 Å². The van der Waals surface area contributed by atoms with Gasteiger partial charge in [0.15, 0.2) is 0 Å². The average molecular weight is 392 g/mol. The number of amides is 2. The van der Waals surface area contributed by atoms with Gasteiger partial charge in [-0.15, -0.1) is 0 Å². The summed E-state index contributed by atoms with van der Waals surface area (Å²) in [7, 11) is 0. The Bertz CT molecular complexity index is 681. The third-order valence-corrected chi connectivity index (χ3v) is 5.39. The van der Waals surface area contributed by atoms with Gasteiger partial charge in [-0.2, -0.15) is 0 Å². The molecule has 2 aliphatic rings. The molecule has 3 rings (SSSR count). The third-order valence-electron chi connectivity index (χ3n) is 5.39. The van der Waals surface area contributed by atoms with Crippen molar-refractivity contribution in [1.82, 2.24) is 15.1 Å². The molecule has 0 radical (unpaired) electrons. The molecule has 1 aromatic rings. The molecule has 2 amide bonds. The fourth-order valence-electron chi connectivity index (χ4n) is 3.92. The van der Waals surface area contributed by atoms with Gasteiger partial charge in [-0.25, -0.2) is 4.39 Å². The first-order valence-corrected chi connectivity index (χ1v) is 9.94. The SMILES string of the molecule is NCCNC(=O)C1CCCN(C(=O)C(c2ccccc2F)N2CCOCC2)C1. The van der Waals surface area contributed by atoms with Gasteiger partial charge in [0.05, 0.1) is 19.1 Å². The average Bonchev–Trinajstić information content (AvgIpc) is 2.74. The Labute approximate surface area is 165 Å². The second kappa shape index (κ2) is 9.95. The summed E-state index contributed by atoms with van der Waals surface area (Å²) in [6.45, 7) is 3.91. The number of halogens is 1. The van der Waals surface area contributed by atoms with Crippen molar-refractivity contribution in [3.8, 4) is 0 Å². The van der Waals surface area contributed by atoms with Crippen LogP contribution in [0.1, 0.15) is 24.4 Å². The first-order valence-electron chi connectivity index (χ1n) is 9.94. The first kappa shape index (κ1) is 20.7. The van der Waals surface area contributed by atoms with Gasteiger partial charge in [0.25, 0.3) is 0 Å². The normalized spacial score (nSPS) is 21.9. The summed E-state index contributed by atoms with van der Waals surface area (Å²) in [6, 6.07) is 5.73. The lowest BCUT2D eigenvalue weighted by atomic mass is 9.95. The minimum absolute atomic E-state index is 0.0724. The molecule has 3 N–H and O–H groups in total. The maximum absolute atomic E-state index is 14.6. The summed E-state index contributed by atoms with van der Waals surface area (Å²) in [5.41, 5.74) is 5.83. The number of ether oxygens (including phenoxy) is 1. The fourth-order valence-corrected chi connectivity index (χ4v) is 3.92. The number of hydrogen-bond donors (Lipinski definition) is 2. The van der Waals surface area contributed by atoms with Crippen molar-refractivity contribution in [2.75, 3.05) is 52.5 Å². The van der Waals surface area contributed by atoms with Gasteiger partial charge in [0, 0.05) is 44.8 Å². The zero-order valence-corrected chi connectivity index (χ0v) is 16.1. The van der Waals surface area contributed by atoms with Crippen molar-refractivity contribution in [2.45, 2.75) is 18.9 Å². The molecule has 0 aliphatic carbocycles. The number of hydrogen-bond acceptors (Lipinski definition) is 5. The van der Waals surface area contributed by atoms with Gasteiger partial charge in [0.1, 0.15) is 11.9 Å². The zero-order valence-electron chi connectivity index (χ0n) is 16.1. The van der Waals surface area contributed by atoms with Crippen molar-refractivity contribution >= 4 is 11.8 Å². The second-order valence-corrected chi connectivity index (χ2v) is 7.28. The van der Waals surface area contributed by atoms with Crippen molar-refractivity contribution in [1.29, 1.82) is 0 Å². The maximum atomic E-state index is 14.6. The second-order valence-electron chi connectivity index (χ2n) is 7.28. The summed E-state index contributed by atoms with van der Waals surface area (Å²) in [4.78, 5) is 29.5. The van der Waals surface area contributed by atoms with Crippen LogP contribution < -0.4 is 11.1 Å². The van der Waals surface area contributed by atoms with Gasteiger partial charge in [-0.1, -0.05) is 18.2 Å². The van der Waals surface area contributed by atoms with Crippen LogP contribution in [0.3, 0.4) is 0 Å². The Balaban J connectivity index is 1.78. The standard InChI is InChI=1S/C20H29FN4O3/c21-17-6-2-1-5-16(17)18(24-10-12-28-13-11-24)20(27)25-9-3-4-15(14-25)19(26)23-8-7-22/h1-2,5-6,15,18H,3-4,7-14,22H2,(H,23,26). The molecular formula is C20H29FN4O3. The van der Waals surface area contributed by atoms with Crippen molar-refractivity contribution in [2.24, 2.45) is 11.7 Å². The van der Waals surface area contributed by atoms with Gasteiger partial charge in [0.2, 0.25) is 11.8 Å². The highest BCUT2D eigenvalue weighted by Crippen LogP contribution is 2.28. The fraction of sp³-hybridized carbons (Fsp3) is 0.600. The molecule has 2 aliphatic heterocycles. The highest BCUT2D eigenvalue weighted by atomic mass is 19.1. The topological polar surface area (TPSA) is 87.9 Å². The summed E-state index contributed by atoms with van der Waals surface area (Å²) in [6.07, 6.45) is 1.49. The minimum Gasteiger partial charge on any atom is -0.379 e. The third kappa shape index (κ3) is 4.87. The summed E-state index contributed by atoms with van der Waals surface area (Å²) in [5, 5.41) is 2.81. The van der Waals surface area contributed by atoms with Gasteiger partial charge >= 0.3 is 0 Å². The van der Waals surface area contributed by atoms with Crippen LogP contribution in [-0.2, 0) is 14.3 Å². The van der Waals surface area contributed by atoms with Crippen molar-refractivity contribution in [3.05, 3.63) is 35.6 Å². The molecule has 2 atom stereocenters. The number of rotatable bonds is 6. The highest BCUT2D eigenvalue weighted by molar-refractivity contribution is 5.85. The molecule has 0 aromatic heterocycles. The Morgan fingerprint density at radius 3 is 2.71 bits per heavy atom. The number of likely N-dealkylation sites (tertiary alicyclic amines) is 1. The lowest BCUT2D eigenvalue weighted by Crippen LogP contribution is -2.51. The Kier molecular flexibility index (Phi) is 7.36. The van der Waals surface area contributed by atoms with E-state index in [4.69, 9.17) is 10.5 Å². The van der Waals surface area contributed by atoms with E-state index in [1.54, 1.807) is 23.1 Å². The zero-order chi connectivity index (χ0) is 19.9. The van der Waals surface area contributed by atoms with Crippen LogP contribution in [-0.4, -0.2) is 74.1 Å². The molecular weight excluding hydrogens is 363 g/mol. The molecule has 0 spiro atoms. The number of nitrogens with one attached hydrogen (secondary N) is 1. The summed E-state index contributed by atoms with van der Waals surface area (Å²) in [5.74, 6) is -0.864. The number of benzene rings is 1. The smallest absolute Gasteiger partial charge is 0.244 e. The van der Waals surface area contributed by atoms with E-state index in [0.717, 1.165) is 12.8 Å². The molecule has 0 saturated carbocycles. The van der Waals surface area contributed by atoms with Crippen molar-refractivity contribution in [3.63, 3.8) is 0 Å².